The summed E-state index contributed by atoms with van der Waals surface area (Å²) >= 11 is 0. The lowest BCUT2D eigenvalue weighted by atomic mass is 9.96. The molecule has 122 valence electrons. The molecule has 0 saturated carbocycles. The van der Waals surface area contributed by atoms with Gasteiger partial charge in [-0.25, -0.2) is 0 Å². The molecule has 0 spiro atoms. The van der Waals surface area contributed by atoms with Gasteiger partial charge in [0.15, 0.2) is 5.82 Å². The number of rotatable bonds is 5. The first-order valence-corrected chi connectivity index (χ1v) is 7.78. The third kappa shape index (κ3) is 3.73. The summed E-state index contributed by atoms with van der Waals surface area (Å²) in [6.07, 6.45) is 5.55. The van der Waals surface area contributed by atoms with Gasteiger partial charge in [-0.1, -0.05) is 5.16 Å². The Labute approximate surface area is 134 Å². The standard InChI is InChI=1S/C16H20N4O3/c1-22-10-6-14(21)20-8-4-12(5-9-20)15-18-16(23-19-15)13-3-2-7-17-11-13/h2-3,7,11-12H,4-6,8-10H2,1H3. The maximum absolute atomic E-state index is 12.0. The Balaban J connectivity index is 1.58. The normalized spacial score (nSPS) is 15.8. The number of piperidine rings is 1. The van der Waals surface area contributed by atoms with E-state index in [-0.39, 0.29) is 11.8 Å². The Morgan fingerprint density at radius 2 is 2.26 bits per heavy atom. The zero-order chi connectivity index (χ0) is 16.1. The second-order valence-electron chi connectivity index (χ2n) is 5.60. The van der Waals surface area contributed by atoms with Crippen molar-refractivity contribution in [3.05, 3.63) is 30.4 Å². The van der Waals surface area contributed by atoms with Crippen molar-refractivity contribution in [1.29, 1.82) is 0 Å². The van der Waals surface area contributed by atoms with Crippen LogP contribution in [0.1, 0.15) is 31.0 Å². The zero-order valence-corrected chi connectivity index (χ0v) is 13.1. The topological polar surface area (TPSA) is 81.4 Å². The number of carbonyl (C=O) groups is 1. The van der Waals surface area contributed by atoms with Gasteiger partial charge >= 0.3 is 0 Å². The summed E-state index contributed by atoms with van der Waals surface area (Å²) in [4.78, 5) is 22.4. The Morgan fingerprint density at radius 3 is 2.96 bits per heavy atom. The van der Waals surface area contributed by atoms with Crippen LogP contribution in [0, 0.1) is 0 Å². The van der Waals surface area contributed by atoms with E-state index in [9.17, 15) is 4.79 Å². The molecule has 1 saturated heterocycles. The smallest absolute Gasteiger partial charge is 0.259 e. The van der Waals surface area contributed by atoms with Crippen LogP contribution in [0.15, 0.2) is 29.0 Å². The van der Waals surface area contributed by atoms with E-state index in [1.54, 1.807) is 19.5 Å². The Bertz CT molecular complexity index is 636. The highest BCUT2D eigenvalue weighted by Gasteiger charge is 2.26. The molecular formula is C16H20N4O3. The Morgan fingerprint density at radius 1 is 1.43 bits per heavy atom. The number of ether oxygens (including phenoxy) is 1. The van der Waals surface area contributed by atoms with E-state index >= 15 is 0 Å². The number of carbonyl (C=O) groups excluding carboxylic acids is 1. The first-order chi connectivity index (χ1) is 11.3. The van der Waals surface area contributed by atoms with Crippen LogP contribution >= 0.6 is 0 Å². The molecule has 3 heterocycles. The SMILES string of the molecule is COCCC(=O)N1CCC(c2noc(-c3cccnc3)n2)CC1. The van der Waals surface area contributed by atoms with Crippen molar-refractivity contribution in [3.63, 3.8) is 0 Å². The van der Waals surface area contributed by atoms with Gasteiger partial charge in [0.25, 0.3) is 5.89 Å². The van der Waals surface area contributed by atoms with E-state index in [1.165, 1.54) is 0 Å². The zero-order valence-electron chi connectivity index (χ0n) is 13.1. The summed E-state index contributed by atoms with van der Waals surface area (Å²) in [6.45, 7) is 1.92. The largest absolute Gasteiger partial charge is 0.384 e. The molecule has 0 bridgehead atoms. The fraction of sp³-hybridized carbons (Fsp3) is 0.500. The molecule has 0 N–H and O–H groups in total. The Hall–Kier alpha value is -2.28. The molecule has 2 aromatic rings. The molecule has 1 fully saturated rings. The fourth-order valence-electron chi connectivity index (χ4n) is 2.74. The van der Waals surface area contributed by atoms with Crippen molar-refractivity contribution in [1.82, 2.24) is 20.0 Å². The summed E-state index contributed by atoms with van der Waals surface area (Å²) in [5, 5.41) is 4.10. The lowest BCUT2D eigenvalue weighted by molar-refractivity contribution is -0.133. The summed E-state index contributed by atoms with van der Waals surface area (Å²) < 4.78 is 10.3. The molecule has 0 atom stereocenters. The quantitative estimate of drug-likeness (QED) is 0.837. The highest BCUT2D eigenvalue weighted by Crippen LogP contribution is 2.28. The maximum Gasteiger partial charge on any atom is 0.259 e. The van der Waals surface area contributed by atoms with Gasteiger partial charge in [-0.15, -0.1) is 0 Å². The molecule has 23 heavy (non-hydrogen) atoms. The molecule has 1 amide bonds. The average Bonchev–Trinajstić information content (AvgIpc) is 3.11. The number of likely N-dealkylation sites (tertiary alicyclic amines) is 1. The van der Waals surface area contributed by atoms with Crippen LogP contribution in [-0.2, 0) is 9.53 Å². The van der Waals surface area contributed by atoms with Crippen molar-refractivity contribution in [2.24, 2.45) is 0 Å². The van der Waals surface area contributed by atoms with Gasteiger partial charge in [0.05, 0.1) is 18.6 Å². The number of pyridine rings is 1. The van der Waals surface area contributed by atoms with E-state index in [2.05, 4.69) is 15.1 Å². The van der Waals surface area contributed by atoms with Crippen LogP contribution in [0.2, 0.25) is 0 Å². The number of hydrogen-bond acceptors (Lipinski definition) is 6. The first-order valence-electron chi connectivity index (χ1n) is 7.78. The minimum absolute atomic E-state index is 0.148. The minimum Gasteiger partial charge on any atom is -0.384 e. The molecule has 0 radical (unpaired) electrons. The molecule has 2 aromatic heterocycles. The van der Waals surface area contributed by atoms with Crippen LogP contribution in [0.5, 0.6) is 0 Å². The molecular weight excluding hydrogens is 296 g/mol. The van der Waals surface area contributed by atoms with Gasteiger partial charge in [-0.05, 0) is 25.0 Å². The summed E-state index contributed by atoms with van der Waals surface area (Å²) in [5.74, 6) is 1.59. The summed E-state index contributed by atoms with van der Waals surface area (Å²) in [5.41, 5.74) is 0.818. The Kier molecular flexibility index (Phi) is 4.97. The molecule has 0 aliphatic carbocycles. The van der Waals surface area contributed by atoms with Crippen LogP contribution in [-0.4, -0.2) is 52.7 Å². The van der Waals surface area contributed by atoms with Crippen LogP contribution in [0.3, 0.4) is 0 Å². The predicted molar refractivity (Wildman–Crippen MR) is 82.6 cm³/mol. The molecule has 1 aliphatic heterocycles. The highest BCUT2D eigenvalue weighted by atomic mass is 16.5. The summed E-state index contributed by atoms with van der Waals surface area (Å²) in [6, 6.07) is 3.73. The van der Waals surface area contributed by atoms with Crippen LogP contribution in [0.25, 0.3) is 11.5 Å². The number of amides is 1. The van der Waals surface area contributed by atoms with Gasteiger partial charge < -0.3 is 14.2 Å². The van der Waals surface area contributed by atoms with E-state index in [1.807, 2.05) is 17.0 Å². The van der Waals surface area contributed by atoms with E-state index in [0.717, 1.165) is 31.5 Å². The van der Waals surface area contributed by atoms with E-state index in [0.29, 0.717) is 24.7 Å². The van der Waals surface area contributed by atoms with Crippen molar-refractivity contribution < 1.29 is 14.1 Å². The van der Waals surface area contributed by atoms with E-state index in [4.69, 9.17) is 9.26 Å². The number of aromatic nitrogens is 3. The number of nitrogens with zero attached hydrogens (tertiary/aromatic N) is 4. The van der Waals surface area contributed by atoms with Crippen molar-refractivity contribution in [2.45, 2.75) is 25.2 Å². The summed E-state index contributed by atoms with van der Waals surface area (Å²) in [7, 11) is 1.61. The van der Waals surface area contributed by atoms with Gasteiger partial charge in [0.2, 0.25) is 5.91 Å². The molecule has 3 rings (SSSR count). The lowest BCUT2D eigenvalue weighted by Gasteiger charge is -2.30. The first kappa shape index (κ1) is 15.6. The molecule has 0 aromatic carbocycles. The molecule has 0 unspecified atom stereocenters. The monoisotopic (exact) mass is 316 g/mol. The van der Waals surface area contributed by atoms with Crippen molar-refractivity contribution >= 4 is 5.91 Å². The van der Waals surface area contributed by atoms with Gasteiger partial charge in [0.1, 0.15) is 0 Å². The van der Waals surface area contributed by atoms with Crippen LogP contribution < -0.4 is 0 Å². The average molecular weight is 316 g/mol. The highest BCUT2D eigenvalue weighted by molar-refractivity contribution is 5.76. The fourth-order valence-corrected chi connectivity index (χ4v) is 2.74. The third-order valence-electron chi connectivity index (χ3n) is 4.08. The number of methoxy groups -OCH3 is 1. The predicted octanol–water partition coefficient (Wildman–Crippen LogP) is 1.87. The maximum atomic E-state index is 12.0. The number of hydrogen-bond donors (Lipinski definition) is 0. The van der Waals surface area contributed by atoms with Crippen LogP contribution in [0.4, 0.5) is 0 Å². The van der Waals surface area contributed by atoms with Gasteiger partial charge in [-0.2, -0.15) is 4.98 Å². The van der Waals surface area contributed by atoms with Crippen molar-refractivity contribution in [2.75, 3.05) is 26.8 Å². The van der Waals surface area contributed by atoms with E-state index < -0.39 is 0 Å². The third-order valence-corrected chi connectivity index (χ3v) is 4.08. The minimum atomic E-state index is 0.148. The second-order valence-corrected chi connectivity index (χ2v) is 5.60. The lowest BCUT2D eigenvalue weighted by Crippen LogP contribution is -2.38. The van der Waals surface area contributed by atoms with Gasteiger partial charge in [0, 0.05) is 38.5 Å². The van der Waals surface area contributed by atoms with Crippen molar-refractivity contribution in [3.8, 4) is 11.5 Å². The molecule has 7 nitrogen and oxygen atoms in total. The van der Waals surface area contributed by atoms with Gasteiger partial charge in [-0.3, -0.25) is 9.78 Å². The second kappa shape index (κ2) is 7.32. The molecule has 1 aliphatic rings. The molecule has 7 heteroatoms.